The number of carbonyl (C=O) groups is 1. The largest absolute Gasteiger partial charge is 0.508 e. The Morgan fingerprint density at radius 2 is 2.35 bits per heavy atom. The predicted octanol–water partition coefficient (Wildman–Crippen LogP) is 1.41. The van der Waals surface area contributed by atoms with Crippen molar-refractivity contribution >= 4 is 11.6 Å². The van der Waals surface area contributed by atoms with Gasteiger partial charge in [-0.3, -0.25) is 9.48 Å². The van der Waals surface area contributed by atoms with Crippen LogP contribution in [0.25, 0.3) is 0 Å². The standard InChI is InChI=1S/C13H16N4O3/c1-2-20-12-7-10(18)3-4-11(12)16-13(19)5-6-17-9-14-8-15-17/h3-4,7-9,18H,2,5-6H2,1H3,(H,16,19). The van der Waals surface area contributed by atoms with E-state index in [2.05, 4.69) is 15.4 Å². The van der Waals surface area contributed by atoms with Gasteiger partial charge >= 0.3 is 0 Å². The molecule has 7 nitrogen and oxygen atoms in total. The Morgan fingerprint density at radius 1 is 1.50 bits per heavy atom. The zero-order valence-corrected chi connectivity index (χ0v) is 11.1. The molecule has 0 atom stereocenters. The lowest BCUT2D eigenvalue weighted by molar-refractivity contribution is -0.116. The molecule has 2 N–H and O–H groups in total. The fraction of sp³-hybridized carbons (Fsp3) is 0.308. The Balaban J connectivity index is 1.96. The Labute approximate surface area is 116 Å². The summed E-state index contributed by atoms with van der Waals surface area (Å²) in [5.74, 6) is 0.378. The molecule has 0 unspecified atom stereocenters. The molecule has 0 fully saturated rings. The molecule has 0 radical (unpaired) electrons. The summed E-state index contributed by atoms with van der Waals surface area (Å²) < 4.78 is 6.95. The van der Waals surface area contributed by atoms with Gasteiger partial charge in [-0.05, 0) is 19.1 Å². The third kappa shape index (κ3) is 3.71. The average Bonchev–Trinajstić information content (AvgIpc) is 2.93. The minimum atomic E-state index is -0.160. The number of aromatic hydroxyl groups is 1. The monoisotopic (exact) mass is 276 g/mol. The Kier molecular flexibility index (Phi) is 4.54. The van der Waals surface area contributed by atoms with Crippen LogP contribution in [0.4, 0.5) is 5.69 Å². The third-order valence-electron chi connectivity index (χ3n) is 2.57. The first-order valence-corrected chi connectivity index (χ1v) is 6.27. The van der Waals surface area contributed by atoms with Gasteiger partial charge in [-0.25, -0.2) is 4.98 Å². The first-order chi connectivity index (χ1) is 9.69. The van der Waals surface area contributed by atoms with E-state index in [9.17, 15) is 9.90 Å². The number of phenolic OH excluding ortho intramolecular Hbond substituents is 1. The summed E-state index contributed by atoms with van der Waals surface area (Å²) >= 11 is 0. The summed E-state index contributed by atoms with van der Waals surface area (Å²) in [6, 6.07) is 4.57. The molecule has 1 heterocycles. The summed E-state index contributed by atoms with van der Waals surface area (Å²) in [4.78, 5) is 15.7. The molecule has 0 saturated carbocycles. The van der Waals surface area contributed by atoms with Crippen LogP contribution in [0.1, 0.15) is 13.3 Å². The molecular formula is C13H16N4O3. The van der Waals surface area contributed by atoms with Gasteiger partial charge in [0.2, 0.25) is 5.91 Å². The Bertz CT molecular complexity index is 569. The van der Waals surface area contributed by atoms with Crippen molar-refractivity contribution in [2.24, 2.45) is 0 Å². The molecule has 0 aliphatic rings. The normalized spacial score (nSPS) is 10.2. The summed E-state index contributed by atoms with van der Waals surface area (Å²) in [5, 5.41) is 16.1. The highest BCUT2D eigenvalue weighted by Gasteiger charge is 2.09. The van der Waals surface area contributed by atoms with Crippen molar-refractivity contribution in [1.29, 1.82) is 0 Å². The SMILES string of the molecule is CCOc1cc(O)ccc1NC(=O)CCn1cncn1. The van der Waals surface area contributed by atoms with E-state index in [0.29, 0.717) is 24.6 Å². The molecule has 0 aliphatic heterocycles. The Hall–Kier alpha value is -2.57. The van der Waals surface area contributed by atoms with Gasteiger partial charge in [0, 0.05) is 12.5 Å². The maximum Gasteiger partial charge on any atom is 0.226 e. The molecule has 0 aliphatic carbocycles. The summed E-state index contributed by atoms with van der Waals surface area (Å²) in [6.07, 6.45) is 3.25. The summed E-state index contributed by atoms with van der Waals surface area (Å²) in [5.41, 5.74) is 0.535. The molecule has 106 valence electrons. The second kappa shape index (κ2) is 6.55. The van der Waals surface area contributed by atoms with E-state index in [0.717, 1.165) is 0 Å². The van der Waals surface area contributed by atoms with E-state index in [1.54, 1.807) is 17.1 Å². The average molecular weight is 276 g/mol. The first kappa shape index (κ1) is 13.9. The molecule has 1 aromatic carbocycles. The van der Waals surface area contributed by atoms with Crippen LogP contribution in [-0.2, 0) is 11.3 Å². The fourth-order valence-electron chi connectivity index (χ4n) is 1.67. The molecule has 2 aromatic rings. The van der Waals surface area contributed by atoms with Crippen molar-refractivity contribution in [3.8, 4) is 11.5 Å². The lowest BCUT2D eigenvalue weighted by Crippen LogP contribution is -2.15. The Morgan fingerprint density at radius 3 is 3.05 bits per heavy atom. The zero-order valence-electron chi connectivity index (χ0n) is 11.1. The van der Waals surface area contributed by atoms with Gasteiger partial charge in [0.25, 0.3) is 0 Å². The van der Waals surface area contributed by atoms with Crippen molar-refractivity contribution in [3.05, 3.63) is 30.9 Å². The van der Waals surface area contributed by atoms with Gasteiger partial charge in [0.05, 0.1) is 18.8 Å². The van der Waals surface area contributed by atoms with E-state index in [4.69, 9.17) is 4.74 Å². The topological polar surface area (TPSA) is 89.3 Å². The number of hydrogen-bond donors (Lipinski definition) is 2. The van der Waals surface area contributed by atoms with Crippen molar-refractivity contribution in [2.45, 2.75) is 19.9 Å². The van der Waals surface area contributed by atoms with Gasteiger partial charge in [0.1, 0.15) is 24.2 Å². The summed E-state index contributed by atoms with van der Waals surface area (Å²) in [6.45, 7) is 2.74. The predicted molar refractivity (Wildman–Crippen MR) is 72.5 cm³/mol. The maximum atomic E-state index is 11.9. The van der Waals surface area contributed by atoms with E-state index in [1.165, 1.54) is 18.5 Å². The molecule has 7 heteroatoms. The van der Waals surface area contributed by atoms with E-state index in [1.807, 2.05) is 6.92 Å². The van der Waals surface area contributed by atoms with Gasteiger partial charge in [-0.15, -0.1) is 0 Å². The molecule has 0 spiro atoms. The number of nitrogens with one attached hydrogen (secondary N) is 1. The first-order valence-electron chi connectivity index (χ1n) is 6.27. The number of benzene rings is 1. The summed E-state index contributed by atoms with van der Waals surface area (Å²) in [7, 11) is 0. The maximum absolute atomic E-state index is 11.9. The molecule has 1 amide bonds. The van der Waals surface area contributed by atoms with Gasteiger partial charge < -0.3 is 15.2 Å². The van der Waals surface area contributed by atoms with Crippen molar-refractivity contribution < 1.29 is 14.6 Å². The number of aromatic nitrogens is 3. The van der Waals surface area contributed by atoms with Gasteiger partial charge in [-0.1, -0.05) is 0 Å². The minimum Gasteiger partial charge on any atom is -0.508 e. The third-order valence-corrected chi connectivity index (χ3v) is 2.57. The van der Waals surface area contributed by atoms with E-state index < -0.39 is 0 Å². The highest BCUT2D eigenvalue weighted by Crippen LogP contribution is 2.28. The lowest BCUT2D eigenvalue weighted by atomic mass is 10.2. The van der Waals surface area contributed by atoms with Crippen molar-refractivity contribution in [3.63, 3.8) is 0 Å². The van der Waals surface area contributed by atoms with E-state index in [-0.39, 0.29) is 18.1 Å². The number of hydrogen-bond acceptors (Lipinski definition) is 5. The number of anilines is 1. The second-order valence-corrected chi connectivity index (χ2v) is 4.07. The quantitative estimate of drug-likeness (QED) is 0.779. The number of ether oxygens (including phenoxy) is 1. The molecule has 0 bridgehead atoms. The van der Waals surface area contributed by atoms with Crippen LogP contribution in [0.2, 0.25) is 0 Å². The highest BCUT2D eigenvalue weighted by atomic mass is 16.5. The van der Waals surface area contributed by atoms with Crippen LogP contribution >= 0.6 is 0 Å². The van der Waals surface area contributed by atoms with Crippen LogP contribution in [0.5, 0.6) is 11.5 Å². The number of amides is 1. The number of carbonyl (C=O) groups excluding carboxylic acids is 1. The minimum absolute atomic E-state index is 0.0917. The molecule has 2 rings (SSSR count). The molecule has 20 heavy (non-hydrogen) atoms. The fourth-order valence-corrected chi connectivity index (χ4v) is 1.67. The molecule has 0 saturated heterocycles. The van der Waals surface area contributed by atoms with Crippen LogP contribution in [0.3, 0.4) is 0 Å². The number of rotatable bonds is 6. The highest BCUT2D eigenvalue weighted by molar-refractivity contribution is 5.92. The van der Waals surface area contributed by atoms with Crippen LogP contribution in [0.15, 0.2) is 30.9 Å². The molecular weight excluding hydrogens is 260 g/mol. The van der Waals surface area contributed by atoms with Gasteiger partial charge in [-0.2, -0.15) is 5.10 Å². The molecule has 1 aromatic heterocycles. The smallest absolute Gasteiger partial charge is 0.226 e. The van der Waals surface area contributed by atoms with Crippen LogP contribution in [0, 0.1) is 0 Å². The van der Waals surface area contributed by atoms with Crippen molar-refractivity contribution in [2.75, 3.05) is 11.9 Å². The number of aryl methyl sites for hydroxylation is 1. The zero-order chi connectivity index (χ0) is 14.4. The van der Waals surface area contributed by atoms with Crippen LogP contribution < -0.4 is 10.1 Å². The van der Waals surface area contributed by atoms with Crippen LogP contribution in [-0.4, -0.2) is 32.4 Å². The van der Waals surface area contributed by atoms with E-state index >= 15 is 0 Å². The van der Waals surface area contributed by atoms with Crippen molar-refractivity contribution in [1.82, 2.24) is 14.8 Å². The van der Waals surface area contributed by atoms with Gasteiger partial charge in [0.15, 0.2) is 0 Å². The number of nitrogens with zero attached hydrogens (tertiary/aromatic N) is 3. The number of phenols is 1. The lowest BCUT2D eigenvalue weighted by Gasteiger charge is -2.11. The second-order valence-electron chi connectivity index (χ2n) is 4.07.